The predicted molar refractivity (Wildman–Crippen MR) is 237 cm³/mol. The van der Waals surface area contributed by atoms with E-state index in [1.807, 2.05) is 0 Å². The van der Waals surface area contributed by atoms with Crippen molar-refractivity contribution in [2.24, 2.45) is 0 Å². The minimum Gasteiger partial charge on any atom is -0.309 e. The number of hydrogen-bond donors (Lipinski definition) is 0. The number of aromatic nitrogens is 4. The quantitative estimate of drug-likeness (QED) is 0.181. The van der Waals surface area contributed by atoms with Crippen LogP contribution in [0.5, 0.6) is 0 Å². The van der Waals surface area contributed by atoms with Crippen molar-refractivity contribution in [3.63, 3.8) is 0 Å². The zero-order chi connectivity index (χ0) is 37.8. The molecule has 4 heteroatoms. The summed E-state index contributed by atoms with van der Waals surface area (Å²) in [6.07, 6.45) is 0. The zero-order valence-corrected chi connectivity index (χ0v) is 31.6. The van der Waals surface area contributed by atoms with Crippen LogP contribution in [0.4, 0.5) is 0 Å². The molecule has 0 saturated heterocycles. The van der Waals surface area contributed by atoms with Gasteiger partial charge in [0.25, 0.3) is 0 Å². The fourth-order valence-corrected chi connectivity index (χ4v) is 9.78. The van der Waals surface area contributed by atoms with Crippen LogP contribution in [0.25, 0.3) is 99.7 Å². The van der Waals surface area contributed by atoms with E-state index < -0.39 is 0 Å². The minimum absolute atomic E-state index is 0.306. The Bertz CT molecular complexity index is 3420. The number of fused-ring (bicyclic) bond motifs is 11. The van der Waals surface area contributed by atoms with Crippen molar-refractivity contribution in [2.75, 3.05) is 0 Å². The number of hydrogen-bond acceptors (Lipinski definition) is 2. The molecule has 0 N–H and O–H groups in total. The van der Waals surface area contributed by atoms with Crippen molar-refractivity contribution in [3.8, 4) is 45.3 Å². The van der Waals surface area contributed by atoms with Gasteiger partial charge in [0.2, 0.25) is 5.95 Å². The Kier molecular flexibility index (Phi) is 6.65. The molecule has 0 unspecified atom stereocenters. The normalized spacial score (nSPS) is 13.2. The smallest absolute Gasteiger partial charge is 0.235 e. The summed E-state index contributed by atoms with van der Waals surface area (Å²) in [7, 11) is 0. The van der Waals surface area contributed by atoms with Crippen LogP contribution >= 0.6 is 0 Å². The molecule has 3 heterocycles. The van der Waals surface area contributed by atoms with Crippen LogP contribution in [0.3, 0.4) is 0 Å². The Labute approximate surface area is 329 Å². The molecular formula is C53H36N4. The predicted octanol–water partition coefficient (Wildman–Crippen LogP) is 13.5. The van der Waals surface area contributed by atoms with Crippen molar-refractivity contribution in [3.05, 3.63) is 193 Å². The van der Waals surface area contributed by atoms with Gasteiger partial charge in [0.05, 0.1) is 33.5 Å². The Hall–Kier alpha value is -7.30. The molecule has 4 nitrogen and oxygen atoms in total. The van der Waals surface area contributed by atoms with Gasteiger partial charge in [-0.05, 0) is 76.0 Å². The van der Waals surface area contributed by atoms with Crippen LogP contribution < -0.4 is 0 Å². The number of rotatable bonds is 4. The molecule has 1 aliphatic rings. The molecule has 3 aromatic heterocycles. The van der Waals surface area contributed by atoms with Crippen molar-refractivity contribution in [1.29, 1.82) is 0 Å². The lowest BCUT2D eigenvalue weighted by Crippen LogP contribution is -2.18. The molecule has 0 aliphatic heterocycles. The Balaban J connectivity index is 1.08. The van der Waals surface area contributed by atoms with Gasteiger partial charge in [-0.25, -0.2) is 9.97 Å². The Morgan fingerprint density at radius 2 is 0.912 bits per heavy atom. The van der Waals surface area contributed by atoms with E-state index in [0.29, 0.717) is 5.95 Å². The fraction of sp³-hybridized carbons (Fsp3) is 0.0566. The minimum atomic E-state index is -0.306. The summed E-state index contributed by atoms with van der Waals surface area (Å²) in [5.41, 5.74) is 14.5. The highest BCUT2D eigenvalue weighted by Crippen LogP contribution is 2.53. The van der Waals surface area contributed by atoms with E-state index in [4.69, 9.17) is 9.97 Å². The molecule has 12 rings (SSSR count). The highest BCUT2D eigenvalue weighted by atomic mass is 15.2. The molecule has 0 atom stereocenters. The molecular weight excluding hydrogens is 693 g/mol. The summed E-state index contributed by atoms with van der Waals surface area (Å²) in [6.45, 7) is 4.66. The van der Waals surface area contributed by atoms with Crippen LogP contribution in [-0.2, 0) is 5.41 Å². The van der Waals surface area contributed by atoms with Gasteiger partial charge in [-0.15, -0.1) is 0 Å². The van der Waals surface area contributed by atoms with E-state index in [1.54, 1.807) is 0 Å². The number of nitrogens with zero attached hydrogens (tertiary/aromatic N) is 4. The lowest BCUT2D eigenvalue weighted by Gasteiger charge is -2.25. The second-order valence-electron chi connectivity index (χ2n) is 15.8. The highest BCUT2D eigenvalue weighted by Gasteiger charge is 2.41. The summed E-state index contributed by atoms with van der Waals surface area (Å²) in [5, 5.41) is 7.35. The molecule has 0 bridgehead atoms. The molecule has 0 fully saturated rings. The van der Waals surface area contributed by atoms with Gasteiger partial charge in [0.15, 0.2) is 0 Å². The van der Waals surface area contributed by atoms with Gasteiger partial charge < -0.3 is 4.57 Å². The molecule has 11 aromatic rings. The van der Waals surface area contributed by atoms with Gasteiger partial charge >= 0.3 is 0 Å². The maximum absolute atomic E-state index is 5.55. The van der Waals surface area contributed by atoms with E-state index in [0.717, 1.165) is 33.7 Å². The molecule has 0 saturated carbocycles. The second kappa shape index (κ2) is 11.8. The third-order valence-corrected chi connectivity index (χ3v) is 12.3. The lowest BCUT2D eigenvalue weighted by atomic mass is 9.79. The third-order valence-electron chi connectivity index (χ3n) is 12.3. The average Bonchev–Trinajstić information content (AvgIpc) is 3.86. The summed E-state index contributed by atoms with van der Waals surface area (Å²) in [6, 6.07) is 65.6. The largest absolute Gasteiger partial charge is 0.309 e. The lowest BCUT2D eigenvalue weighted by molar-refractivity contribution is 0.662. The van der Waals surface area contributed by atoms with Crippen LogP contribution in [-0.4, -0.2) is 19.1 Å². The fourth-order valence-electron chi connectivity index (χ4n) is 9.78. The average molecular weight is 729 g/mol. The Morgan fingerprint density at radius 1 is 0.386 bits per heavy atom. The summed E-state index contributed by atoms with van der Waals surface area (Å²) >= 11 is 0. The SMILES string of the molecule is CC1(C)c2c(-c3ccccc3)nc(-n3c4ccccc4c4cc(-c5ccc6c(c5)c5ccccc5n6-c5ccccc5)ccc43)nc2-c2ccc3ccccc3c21. The van der Waals surface area contributed by atoms with Gasteiger partial charge in [0, 0.05) is 49.3 Å². The van der Waals surface area contributed by atoms with Gasteiger partial charge in [0.1, 0.15) is 0 Å². The van der Waals surface area contributed by atoms with E-state index in [1.165, 1.54) is 71.2 Å². The Morgan fingerprint density at radius 3 is 1.60 bits per heavy atom. The number of benzene rings is 8. The summed E-state index contributed by atoms with van der Waals surface area (Å²) in [4.78, 5) is 11.1. The van der Waals surface area contributed by atoms with Crippen molar-refractivity contribution in [1.82, 2.24) is 19.1 Å². The summed E-state index contributed by atoms with van der Waals surface area (Å²) in [5.74, 6) is 0.679. The molecule has 57 heavy (non-hydrogen) atoms. The zero-order valence-electron chi connectivity index (χ0n) is 31.6. The standard InChI is InChI=1S/C53H36N4/c1-53(2)48-38-20-10-9-15-33(38)25-28-41(48)51-49(53)50(34-16-5-3-6-17-34)54-52(55-51)57-45-24-14-12-22-40(45)43-32-36(27-30-47(43)57)35-26-29-46-42(31-35)39-21-11-13-23-44(39)56(46)37-18-7-4-8-19-37/h3-32H,1-2H3. The molecule has 0 amide bonds. The van der Waals surface area contributed by atoms with Crippen LogP contribution in [0.15, 0.2) is 182 Å². The van der Waals surface area contributed by atoms with Crippen molar-refractivity contribution in [2.45, 2.75) is 19.3 Å². The van der Waals surface area contributed by atoms with Crippen molar-refractivity contribution < 1.29 is 0 Å². The first-order valence-electron chi connectivity index (χ1n) is 19.7. The number of para-hydroxylation sites is 3. The van der Waals surface area contributed by atoms with E-state index >= 15 is 0 Å². The van der Waals surface area contributed by atoms with Crippen LogP contribution in [0.2, 0.25) is 0 Å². The topological polar surface area (TPSA) is 35.6 Å². The van der Waals surface area contributed by atoms with Gasteiger partial charge in [-0.2, -0.15) is 0 Å². The van der Waals surface area contributed by atoms with Crippen molar-refractivity contribution >= 4 is 54.4 Å². The molecule has 0 spiro atoms. The first-order valence-corrected chi connectivity index (χ1v) is 19.7. The molecule has 8 aromatic carbocycles. The van der Waals surface area contributed by atoms with Crippen LogP contribution in [0.1, 0.15) is 25.0 Å². The second-order valence-corrected chi connectivity index (χ2v) is 15.8. The monoisotopic (exact) mass is 728 g/mol. The third kappa shape index (κ3) is 4.55. The molecule has 1 aliphatic carbocycles. The first-order chi connectivity index (χ1) is 28.0. The van der Waals surface area contributed by atoms with E-state index in [-0.39, 0.29) is 5.41 Å². The van der Waals surface area contributed by atoms with Gasteiger partial charge in [-0.3, -0.25) is 4.57 Å². The maximum Gasteiger partial charge on any atom is 0.235 e. The maximum atomic E-state index is 5.55. The molecule has 268 valence electrons. The summed E-state index contributed by atoms with van der Waals surface area (Å²) < 4.78 is 4.64. The van der Waals surface area contributed by atoms with E-state index in [2.05, 4.69) is 205 Å². The van der Waals surface area contributed by atoms with Gasteiger partial charge in [-0.1, -0.05) is 147 Å². The first kappa shape index (κ1) is 32.0. The highest BCUT2D eigenvalue weighted by molar-refractivity contribution is 6.12. The molecule has 0 radical (unpaired) electrons. The van der Waals surface area contributed by atoms with E-state index in [9.17, 15) is 0 Å². The van der Waals surface area contributed by atoms with Crippen LogP contribution in [0, 0.1) is 0 Å².